The molecule has 0 bridgehead atoms. The molecule has 0 unspecified atom stereocenters. The molecule has 2 aromatic rings. The lowest BCUT2D eigenvalue weighted by Crippen LogP contribution is -2.42. The van der Waals surface area contributed by atoms with Crippen molar-refractivity contribution in [2.45, 2.75) is 45.8 Å². The predicted molar refractivity (Wildman–Crippen MR) is 121 cm³/mol. The average Bonchev–Trinajstić information content (AvgIpc) is 2.76. The Balaban J connectivity index is 1.40. The molecule has 0 amide bonds. The molecular formula is C23H33N5O2. The molecule has 7 nitrogen and oxygen atoms in total. The van der Waals surface area contributed by atoms with Crippen LogP contribution >= 0.6 is 0 Å². The first kappa shape index (κ1) is 20.7. The lowest BCUT2D eigenvalue weighted by molar-refractivity contribution is 0.122. The van der Waals surface area contributed by atoms with Crippen molar-refractivity contribution in [3.05, 3.63) is 36.2 Å². The number of piperidine rings is 1. The van der Waals surface area contributed by atoms with Crippen LogP contribution in [0.3, 0.4) is 0 Å². The molecule has 1 N–H and O–H groups in total. The first-order chi connectivity index (χ1) is 14.6. The highest BCUT2D eigenvalue weighted by molar-refractivity contribution is 5.55. The highest BCUT2D eigenvalue weighted by Gasteiger charge is 2.22. The zero-order chi connectivity index (χ0) is 20.9. The van der Waals surface area contributed by atoms with Crippen molar-refractivity contribution in [2.75, 3.05) is 54.5 Å². The minimum atomic E-state index is 0.131. The van der Waals surface area contributed by atoms with Crippen molar-refractivity contribution >= 4 is 17.2 Å². The molecule has 0 saturated carbocycles. The molecule has 162 valence electrons. The van der Waals surface area contributed by atoms with Crippen molar-refractivity contribution in [2.24, 2.45) is 0 Å². The summed E-state index contributed by atoms with van der Waals surface area (Å²) >= 11 is 0. The van der Waals surface area contributed by atoms with E-state index in [2.05, 4.69) is 50.2 Å². The van der Waals surface area contributed by atoms with Crippen molar-refractivity contribution < 1.29 is 9.47 Å². The van der Waals surface area contributed by atoms with Gasteiger partial charge in [0.05, 0.1) is 31.2 Å². The molecule has 2 aromatic heterocycles. The summed E-state index contributed by atoms with van der Waals surface area (Å²) in [5.74, 6) is 1.67. The van der Waals surface area contributed by atoms with Gasteiger partial charge in [0.2, 0.25) is 5.88 Å². The number of rotatable bonds is 6. The Morgan fingerprint density at radius 3 is 2.70 bits per heavy atom. The summed E-state index contributed by atoms with van der Waals surface area (Å²) in [6, 6.07) is 6.79. The number of hydrogen-bond donors (Lipinski definition) is 1. The van der Waals surface area contributed by atoms with E-state index in [0.717, 1.165) is 75.2 Å². The summed E-state index contributed by atoms with van der Waals surface area (Å²) in [5, 5.41) is 3.66. The number of aromatic nitrogens is 2. The third-order valence-corrected chi connectivity index (χ3v) is 5.62. The van der Waals surface area contributed by atoms with Crippen LogP contribution in [0.2, 0.25) is 0 Å². The Bertz CT molecular complexity index is 838. The number of nitrogens with one attached hydrogen (secondary N) is 1. The zero-order valence-electron chi connectivity index (χ0n) is 18.3. The van der Waals surface area contributed by atoms with Crippen LogP contribution in [0.25, 0.3) is 0 Å². The molecule has 2 fully saturated rings. The third kappa shape index (κ3) is 5.14. The second kappa shape index (κ2) is 9.51. The van der Waals surface area contributed by atoms with Gasteiger partial charge in [-0.25, -0.2) is 9.97 Å². The van der Waals surface area contributed by atoms with E-state index in [1.54, 1.807) is 0 Å². The molecule has 1 atom stereocenters. The van der Waals surface area contributed by atoms with Gasteiger partial charge in [-0.3, -0.25) is 0 Å². The van der Waals surface area contributed by atoms with Crippen LogP contribution in [-0.4, -0.2) is 61.5 Å². The first-order valence-electron chi connectivity index (χ1n) is 11.0. The molecular weight excluding hydrogens is 378 g/mol. The van der Waals surface area contributed by atoms with E-state index >= 15 is 0 Å². The average molecular weight is 412 g/mol. The molecule has 2 aliphatic heterocycles. The second-order valence-electron chi connectivity index (χ2n) is 8.41. The van der Waals surface area contributed by atoms with Crippen LogP contribution in [0, 0.1) is 6.92 Å². The van der Waals surface area contributed by atoms with Crippen LogP contribution < -0.4 is 19.9 Å². The van der Waals surface area contributed by atoms with Crippen LogP contribution in [0.5, 0.6) is 5.88 Å². The SMILES string of the molecule is Cc1cc(N2CCC[C@@H](Nc3cc(N4CCOCC4)ccn3)C2)cnc1OC(C)C. The molecule has 4 heterocycles. The molecule has 7 heteroatoms. The number of aryl methyl sites for hydroxylation is 1. The number of ether oxygens (including phenoxy) is 2. The summed E-state index contributed by atoms with van der Waals surface area (Å²) in [7, 11) is 0. The van der Waals surface area contributed by atoms with E-state index in [-0.39, 0.29) is 6.10 Å². The lowest BCUT2D eigenvalue weighted by Gasteiger charge is -2.35. The molecule has 0 aromatic carbocycles. The van der Waals surface area contributed by atoms with E-state index < -0.39 is 0 Å². The number of nitrogens with zero attached hydrogens (tertiary/aromatic N) is 4. The highest BCUT2D eigenvalue weighted by Crippen LogP contribution is 2.26. The number of hydrogen-bond acceptors (Lipinski definition) is 7. The molecule has 30 heavy (non-hydrogen) atoms. The Hall–Kier alpha value is -2.54. The number of morpholine rings is 1. The second-order valence-corrected chi connectivity index (χ2v) is 8.41. The van der Waals surface area contributed by atoms with Crippen LogP contribution in [0.4, 0.5) is 17.2 Å². The van der Waals surface area contributed by atoms with Gasteiger partial charge in [-0.05, 0) is 45.7 Å². The van der Waals surface area contributed by atoms with Crippen LogP contribution in [0.15, 0.2) is 30.6 Å². The van der Waals surface area contributed by atoms with Gasteiger partial charge >= 0.3 is 0 Å². The topological polar surface area (TPSA) is 62.8 Å². The molecule has 0 radical (unpaired) electrons. The zero-order valence-corrected chi connectivity index (χ0v) is 18.3. The molecule has 2 saturated heterocycles. The fourth-order valence-corrected chi connectivity index (χ4v) is 4.12. The van der Waals surface area contributed by atoms with Gasteiger partial charge in [0.1, 0.15) is 5.82 Å². The highest BCUT2D eigenvalue weighted by atomic mass is 16.5. The first-order valence-corrected chi connectivity index (χ1v) is 11.0. The molecule has 4 rings (SSSR count). The molecule has 0 aliphatic carbocycles. The van der Waals surface area contributed by atoms with Gasteiger partial charge in [0.15, 0.2) is 0 Å². The van der Waals surface area contributed by atoms with E-state index in [4.69, 9.17) is 9.47 Å². The van der Waals surface area contributed by atoms with Gasteiger partial charge in [0, 0.05) is 55.7 Å². The summed E-state index contributed by atoms with van der Waals surface area (Å²) in [5.41, 5.74) is 3.45. The number of anilines is 3. The standard InChI is InChI=1S/C23H33N5O2/c1-17(2)30-23-18(3)13-21(15-25-23)28-8-4-5-19(16-28)26-22-14-20(6-7-24-22)27-9-11-29-12-10-27/h6-7,13-15,17,19H,4-5,8-12,16H2,1-3H3,(H,24,26)/t19-/m1/s1. The Kier molecular flexibility index (Phi) is 6.57. The van der Waals surface area contributed by atoms with Crippen molar-refractivity contribution in [1.29, 1.82) is 0 Å². The summed E-state index contributed by atoms with van der Waals surface area (Å²) < 4.78 is 11.3. The monoisotopic (exact) mass is 411 g/mol. The van der Waals surface area contributed by atoms with E-state index in [1.165, 1.54) is 5.69 Å². The normalized spacial score (nSPS) is 19.8. The number of pyridine rings is 2. The lowest BCUT2D eigenvalue weighted by atomic mass is 10.0. The molecule has 0 spiro atoms. The minimum absolute atomic E-state index is 0.131. The smallest absolute Gasteiger partial charge is 0.216 e. The maximum absolute atomic E-state index is 5.79. The van der Waals surface area contributed by atoms with Gasteiger partial charge in [-0.2, -0.15) is 0 Å². The van der Waals surface area contributed by atoms with E-state index in [9.17, 15) is 0 Å². The van der Waals surface area contributed by atoms with Gasteiger partial charge in [-0.1, -0.05) is 0 Å². The maximum atomic E-state index is 5.79. The summed E-state index contributed by atoms with van der Waals surface area (Å²) in [4.78, 5) is 13.9. The largest absolute Gasteiger partial charge is 0.475 e. The predicted octanol–water partition coefficient (Wildman–Crippen LogP) is 3.49. The van der Waals surface area contributed by atoms with Crippen LogP contribution in [0.1, 0.15) is 32.3 Å². The Labute approximate surface area is 179 Å². The fraction of sp³-hybridized carbons (Fsp3) is 0.565. The quantitative estimate of drug-likeness (QED) is 0.781. The van der Waals surface area contributed by atoms with Crippen LogP contribution in [-0.2, 0) is 4.74 Å². The fourth-order valence-electron chi connectivity index (χ4n) is 4.12. The van der Waals surface area contributed by atoms with Gasteiger partial charge < -0.3 is 24.6 Å². The summed E-state index contributed by atoms with van der Waals surface area (Å²) in [6.45, 7) is 11.5. The maximum Gasteiger partial charge on any atom is 0.216 e. The van der Waals surface area contributed by atoms with Gasteiger partial charge in [0.25, 0.3) is 0 Å². The van der Waals surface area contributed by atoms with Crippen molar-refractivity contribution in [3.8, 4) is 5.88 Å². The van der Waals surface area contributed by atoms with E-state index in [1.807, 2.05) is 26.2 Å². The summed E-state index contributed by atoms with van der Waals surface area (Å²) in [6.07, 6.45) is 6.25. The van der Waals surface area contributed by atoms with Crippen molar-refractivity contribution in [3.63, 3.8) is 0 Å². The third-order valence-electron chi connectivity index (χ3n) is 5.62. The van der Waals surface area contributed by atoms with Gasteiger partial charge in [-0.15, -0.1) is 0 Å². The van der Waals surface area contributed by atoms with E-state index in [0.29, 0.717) is 6.04 Å². The Morgan fingerprint density at radius 1 is 1.10 bits per heavy atom. The van der Waals surface area contributed by atoms with Crippen molar-refractivity contribution in [1.82, 2.24) is 9.97 Å². The molecule has 2 aliphatic rings. The minimum Gasteiger partial charge on any atom is -0.475 e. The Morgan fingerprint density at radius 2 is 1.93 bits per heavy atom.